The van der Waals surface area contributed by atoms with Crippen molar-refractivity contribution >= 4 is 23.4 Å². The van der Waals surface area contributed by atoms with E-state index in [0.29, 0.717) is 16.7 Å². The molecule has 0 radical (unpaired) electrons. The lowest BCUT2D eigenvalue weighted by atomic mass is 9.71. The highest BCUT2D eigenvalue weighted by Crippen LogP contribution is 2.43. The van der Waals surface area contributed by atoms with E-state index in [0.717, 1.165) is 17.5 Å². The molecule has 1 N–H and O–H groups in total. The normalized spacial score (nSPS) is 26.8. The van der Waals surface area contributed by atoms with Crippen LogP contribution < -0.4 is 5.32 Å². The zero-order chi connectivity index (χ0) is 15.5. The highest BCUT2D eigenvalue weighted by molar-refractivity contribution is 8.00. The first kappa shape index (κ1) is 17.2. The van der Waals surface area contributed by atoms with Gasteiger partial charge in [0.1, 0.15) is 0 Å². The number of thioether (sulfide) groups is 1. The summed E-state index contributed by atoms with van der Waals surface area (Å²) in [6.45, 7) is 10.4. The molecule has 0 amide bonds. The Balaban J connectivity index is 2.10. The number of rotatable bonds is 4. The van der Waals surface area contributed by atoms with Gasteiger partial charge in [-0.05, 0) is 55.3 Å². The summed E-state index contributed by atoms with van der Waals surface area (Å²) in [5.41, 5.74) is 0.407. The first-order valence-corrected chi connectivity index (χ1v) is 9.31. The van der Waals surface area contributed by atoms with Crippen molar-refractivity contribution in [2.75, 3.05) is 6.54 Å². The zero-order valence-electron chi connectivity index (χ0n) is 13.7. The maximum Gasteiger partial charge on any atom is 0.0417 e. The van der Waals surface area contributed by atoms with E-state index in [-0.39, 0.29) is 0 Å². The SMILES string of the molecule is CCNC1CCC(C(C)(C)C)CC1Sc1cccc(Cl)c1. The van der Waals surface area contributed by atoms with Crippen LogP contribution in [0.25, 0.3) is 0 Å². The summed E-state index contributed by atoms with van der Waals surface area (Å²) < 4.78 is 0. The summed E-state index contributed by atoms with van der Waals surface area (Å²) in [6.07, 6.45) is 3.92. The van der Waals surface area contributed by atoms with Gasteiger partial charge in [0.2, 0.25) is 0 Å². The fourth-order valence-corrected chi connectivity index (χ4v) is 4.94. The summed E-state index contributed by atoms with van der Waals surface area (Å²) in [5, 5.41) is 5.16. The van der Waals surface area contributed by atoms with Crippen LogP contribution in [0.5, 0.6) is 0 Å². The molecule has 2 rings (SSSR count). The van der Waals surface area contributed by atoms with E-state index in [2.05, 4.69) is 51.2 Å². The van der Waals surface area contributed by atoms with Gasteiger partial charge in [-0.15, -0.1) is 11.8 Å². The number of halogens is 1. The summed E-state index contributed by atoms with van der Waals surface area (Å²) in [6, 6.07) is 8.90. The third-order valence-electron chi connectivity index (χ3n) is 4.57. The first-order chi connectivity index (χ1) is 9.90. The van der Waals surface area contributed by atoms with Crippen LogP contribution in [0.2, 0.25) is 5.02 Å². The smallest absolute Gasteiger partial charge is 0.0417 e. The molecule has 0 bridgehead atoms. The molecule has 0 aliphatic heterocycles. The van der Waals surface area contributed by atoms with Gasteiger partial charge < -0.3 is 5.32 Å². The van der Waals surface area contributed by atoms with Crippen LogP contribution >= 0.6 is 23.4 Å². The van der Waals surface area contributed by atoms with E-state index >= 15 is 0 Å². The minimum atomic E-state index is 0.407. The van der Waals surface area contributed by atoms with Crippen molar-refractivity contribution in [1.29, 1.82) is 0 Å². The van der Waals surface area contributed by atoms with E-state index in [1.54, 1.807) is 0 Å². The number of benzene rings is 1. The lowest BCUT2D eigenvalue weighted by Gasteiger charge is -2.42. The topological polar surface area (TPSA) is 12.0 Å². The minimum Gasteiger partial charge on any atom is -0.313 e. The van der Waals surface area contributed by atoms with E-state index in [1.165, 1.54) is 24.2 Å². The van der Waals surface area contributed by atoms with Gasteiger partial charge in [-0.1, -0.05) is 45.4 Å². The van der Waals surface area contributed by atoms with Crippen molar-refractivity contribution in [3.63, 3.8) is 0 Å². The molecule has 118 valence electrons. The summed E-state index contributed by atoms with van der Waals surface area (Å²) >= 11 is 8.13. The molecule has 1 aliphatic carbocycles. The number of hydrogen-bond acceptors (Lipinski definition) is 2. The molecule has 3 atom stereocenters. The molecule has 1 aromatic carbocycles. The van der Waals surface area contributed by atoms with Crippen molar-refractivity contribution in [2.45, 2.75) is 63.1 Å². The van der Waals surface area contributed by atoms with Gasteiger partial charge in [-0.25, -0.2) is 0 Å². The van der Waals surface area contributed by atoms with Crippen molar-refractivity contribution in [2.24, 2.45) is 11.3 Å². The molecule has 3 unspecified atom stereocenters. The van der Waals surface area contributed by atoms with Crippen molar-refractivity contribution < 1.29 is 0 Å². The summed E-state index contributed by atoms with van der Waals surface area (Å²) in [7, 11) is 0. The predicted octanol–water partition coefficient (Wildman–Crippen LogP) is 5.63. The Morgan fingerprint density at radius 1 is 1.29 bits per heavy atom. The highest BCUT2D eigenvalue weighted by atomic mass is 35.5. The average Bonchev–Trinajstić information content (AvgIpc) is 2.40. The van der Waals surface area contributed by atoms with Crippen LogP contribution in [-0.2, 0) is 0 Å². The average molecular weight is 326 g/mol. The third kappa shape index (κ3) is 4.91. The quantitative estimate of drug-likeness (QED) is 0.770. The molecule has 1 fully saturated rings. The Kier molecular flexibility index (Phi) is 6.05. The van der Waals surface area contributed by atoms with Crippen molar-refractivity contribution in [3.05, 3.63) is 29.3 Å². The molecular formula is C18H28ClNS. The Morgan fingerprint density at radius 2 is 2.05 bits per heavy atom. The first-order valence-electron chi connectivity index (χ1n) is 8.05. The maximum atomic E-state index is 6.13. The second-order valence-electron chi connectivity index (χ2n) is 7.15. The third-order valence-corrected chi connectivity index (χ3v) is 6.15. The monoisotopic (exact) mass is 325 g/mol. The van der Waals surface area contributed by atoms with Gasteiger partial charge in [-0.2, -0.15) is 0 Å². The highest BCUT2D eigenvalue weighted by Gasteiger charge is 2.35. The Morgan fingerprint density at radius 3 is 2.67 bits per heavy atom. The molecule has 21 heavy (non-hydrogen) atoms. The van der Waals surface area contributed by atoms with E-state index in [9.17, 15) is 0 Å². The van der Waals surface area contributed by atoms with Crippen LogP contribution in [0, 0.1) is 11.3 Å². The Hall–Kier alpha value is -0.180. The molecular weight excluding hydrogens is 298 g/mol. The number of nitrogens with one attached hydrogen (secondary N) is 1. The second kappa shape index (κ2) is 7.39. The standard InChI is InChI=1S/C18H28ClNS/c1-5-20-16-10-9-13(18(2,3)4)11-17(16)21-15-8-6-7-14(19)12-15/h6-8,12-13,16-17,20H,5,9-11H2,1-4H3. The lowest BCUT2D eigenvalue weighted by molar-refractivity contribution is 0.165. The molecule has 1 aromatic rings. The van der Waals surface area contributed by atoms with Crippen LogP contribution in [0.4, 0.5) is 0 Å². The summed E-state index contributed by atoms with van der Waals surface area (Å²) in [5.74, 6) is 0.809. The van der Waals surface area contributed by atoms with Crippen molar-refractivity contribution in [3.8, 4) is 0 Å². The number of hydrogen-bond donors (Lipinski definition) is 1. The minimum absolute atomic E-state index is 0.407. The predicted molar refractivity (Wildman–Crippen MR) is 95.4 cm³/mol. The fraction of sp³-hybridized carbons (Fsp3) is 0.667. The van der Waals surface area contributed by atoms with Gasteiger partial charge in [0.15, 0.2) is 0 Å². The largest absolute Gasteiger partial charge is 0.313 e. The fourth-order valence-electron chi connectivity index (χ4n) is 3.26. The van der Waals surface area contributed by atoms with Crippen LogP contribution in [0.3, 0.4) is 0 Å². The molecule has 0 saturated heterocycles. The van der Waals surface area contributed by atoms with E-state index in [4.69, 9.17) is 11.6 Å². The van der Waals surface area contributed by atoms with Crippen molar-refractivity contribution in [1.82, 2.24) is 5.32 Å². The van der Waals surface area contributed by atoms with Crippen LogP contribution in [0.15, 0.2) is 29.2 Å². The van der Waals surface area contributed by atoms with Crippen LogP contribution in [-0.4, -0.2) is 17.8 Å². The van der Waals surface area contributed by atoms with Gasteiger partial charge in [-0.3, -0.25) is 0 Å². The molecule has 0 aromatic heterocycles. The van der Waals surface area contributed by atoms with Gasteiger partial charge in [0.25, 0.3) is 0 Å². The van der Waals surface area contributed by atoms with Crippen LogP contribution in [0.1, 0.15) is 47.0 Å². The van der Waals surface area contributed by atoms with Gasteiger partial charge in [0, 0.05) is 21.2 Å². The molecule has 3 heteroatoms. The van der Waals surface area contributed by atoms with E-state index in [1.807, 2.05) is 17.8 Å². The maximum absolute atomic E-state index is 6.13. The van der Waals surface area contributed by atoms with E-state index < -0.39 is 0 Å². The Labute approximate surface area is 139 Å². The van der Waals surface area contributed by atoms with Gasteiger partial charge in [0.05, 0.1) is 0 Å². The lowest BCUT2D eigenvalue weighted by Crippen LogP contribution is -2.44. The molecule has 1 aliphatic rings. The Bertz CT molecular complexity index is 455. The van der Waals surface area contributed by atoms with Gasteiger partial charge >= 0.3 is 0 Å². The molecule has 1 saturated carbocycles. The second-order valence-corrected chi connectivity index (χ2v) is 8.90. The summed E-state index contributed by atoms with van der Waals surface area (Å²) in [4.78, 5) is 1.30. The molecule has 0 spiro atoms. The zero-order valence-corrected chi connectivity index (χ0v) is 15.2. The molecule has 1 nitrogen and oxygen atoms in total. The molecule has 0 heterocycles.